The van der Waals surface area contributed by atoms with Gasteiger partial charge in [0.2, 0.25) is 0 Å². The predicted octanol–water partition coefficient (Wildman–Crippen LogP) is -8.78. The predicted molar refractivity (Wildman–Crippen MR) is 11.5 cm³/mol. The van der Waals surface area contributed by atoms with Gasteiger partial charge in [-0.15, -0.1) is 0 Å². The minimum atomic E-state index is -6.07. The maximum atomic E-state index is 9.38. The average Bonchev–Trinajstić information content (AvgIpc) is 1.96. The van der Waals surface area contributed by atoms with Crippen molar-refractivity contribution in [3.8, 4) is 0 Å². The third kappa shape index (κ3) is 59.2. The van der Waals surface area contributed by atoms with Crippen LogP contribution in [0.5, 0.6) is 0 Å². The molecule has 0 aliphatic rings. The number of hydrogen-bond acceptors (Lipinski definition) is 21. The molecule has 0 aliphatic heterocycles. The molecule has 0 saturated heterocycles. The van der Waals surface area contributed by atoms with Crippen LogP contribution in [0.3, 0.4) is 0 Å². The van der Waals surface area contributed by atoms with Gasteiger partial charge in [-0.2, -0.15) is 0 Å². The SMILES string of the molecule is [O]=[Cr](=[O])([O-])[O][Cr](=[O])(=[O])[O-].[O]=[Cr](=[O])([O-])[O][Cr](=[O])(=[O])[O-].[O]=[Cr](=[O])([O-])[O][Cr](=[O])(=[O])[O-].[Pm].[Pm]. The number of rotatable bonds is 6. The normalized spacial score (nSPS) is 12.6. The van der Waals surface area contributed by atoms with Crippen LogP contribution in [0, 0.1) is 80.8 Å². The summed E-state index contributed by atoms with van der Waals surface area (Å²) < 4.78 is 177. The maximum absolute atomic E-state index is 9.38. The van der Waals surface area contributed by atoms with Crippen molar-refractivity contribution < 1.29 is 242 Å². The molecule has 0 heterocycles. The van der Waals surface area contributed by atoms with E-state index in [0.29, 0.717) is 0 Å². The molecule has 0 N–H and O–H groups in total. The van der Waals surface area contributed by atoms with Crippen LogP contribution < -0.4 is 24.9 Å². The molecule has 0 aromatic carbocycles. The Morgan fingerprint density at radius 1 is 0.310 bits per heavy atom. The van der Waals surface area contributed by atoms with E-state index in [1.165, 1.54) is 0 Å². The molecule has 0 aromatic heterocycles. The molecule has 0 aromatic rings. The monoisotopic (exact) mass is 937 g/mol. The minimum Gasteiger partial charge on any atom is 0 e. The zero-order valence-corrected chi connectivity index (χ0v) is 25.3. The van der Waals surface area contributed by atoms with E-state index in [1.807, 2.05) is 0 Å². The van der Waals surface area contributed by atoms with E-state index in [-0.39, 0.29) is 80.8 Å². The summed E-state index contributed by atoms with van der Waals surface area (Å²) in [5, 5.41) is 0. The Kier molecular flexibility index (Phi) is 23.2. The summed E-state index contributed by atoms with van der Waals surface area (Å²) >= 11 is -36.4. The molecule has 0 spiro atoms. The second-order valence-corrected chi connectivity index (χ2v) is 13.6. The summed E-state index contributed by atoms with van der Waals surface area (Å²) in [4.78, 5) is 0. The molecule has 178 valence electrons. The molecule has 0 saturated carbocycles. The minimum absolute atomic E-state index is 0. The largest absolute Gasteiger partial charge is 0 e. The molecule has 0 bridgehead atoms. The van der Waals surface area contributed by atoms with Gasteiger partial charge in [0, 0.05) is 80.8 Å². The fraction of sp³-hybridized carbons (Fsp3) is 0. The first-order valence-corrected chi connectivity index (χ1v) is 16.5. The van der Waals surface area contributed by atoms with E-state index < -0.39 is 81.7 Å². The van der Waals surface area contributed by atoms with Crippen molar-refractivity contribution in [1.82, 2.24) is 0 Å². The molecular weight excluding hydrogens is 938 g/mol. The fourth-order valence-corrected chi connectivity index (χ4v) is 5.21. The van der Waals surface area contributed by atoms with Crippen LogP contribution >= 0.6 is 0 Å². The summed E-state index contributed by atoms with van der Waals surface area (Å²) in [6, 6.07) is 0. The van der Waals surface area contributed by atoms with E-state index in [1.54, 1.807) is 0 Å². The average molecular weight is 938 g/mol. The van der Waals surface area contributed by atoms with Gasteiger partial charge in [-0.3, -0.25) is 0 Å². The third-order valence-electron chi connectivity index (χ3n) is 0.500. The first kappa shape index (κ1) is 42.3. The molecule has 2 radical (unpaired) electrons. The Morgan fingerprint density at radius 3 is 0.379 bits per heavy atom. The van der Waals surface area contributed by atoms with Crippen molar-refractivity contribution in [3.63, 3.8) is 0 Å². The molecule has 29 heavy (non-hydrogen) atoms. The van der Waals surface area contributed by atoms with Crippen molar-refractivity contribution in [1.29, 1.82) is 0 Å². The second kappa shape index (κ2) is 15.9. The fourth-order valence-electron chi connectivity index (χ4n) is 0.306. The van der Waals surface area contributed by atoms with E-state index in [4.69, 9.17) is 0 Å². The van der Waals surface area contributed by atoms with Crippen LogP contribution in [0.15, 0.2) is 0 Å². The van der Waals surface area contributed by atoms with Gasteiger partial charge in [-0.05, 0) is 0 Å². The zero-order chi connectivity index (χ0) is 23.1. The third-order valence-corrected chi connectivity index (χ3v) is 8.50. The van der Waals surface area contributed by atoms with Crippen molar-refractivity contribution in [2.75, 3.05) is 0 Å². The van der Waals surface area contributed by atoms with E-state index in [9.17, 15) is 70.6 Å². The van der Waals surface area contributed by atoms with Crippen molar-refractivity contribution in [2.24, 2.45) is 0 Å². The van der Waals surface area contributed by atoms with Crippen molar-refractivity contribution in [2.45, 2.75) is 0 Å². The Balaban J connectivity index is -0.0000000960. The zero-order valence-electron chi connectivity index (χ0n) is 11.9. The Labute approximate surface area is 237 Å². The Morgan fingerprint density at radius 2 is 0.379 bits per heavy atom. The van der Waals surface area contributed by atoms with Crippen LogP contribution in [-0.2, 0) is 136 Å². The quantitative estimate of drug-likeness (QED) is 0.239. The summed E-state index contributed by atoms with van der Waals surface area (Å²) in [7, 11) is 0. The topological polar surface area (TPSA) is 371 Å². The summed E-state index contributed by atoms with van der Waals surface area (Å²) in [6.45, 7) is 0. The van der Waals surface area contributed by atoms with Gasteiger partial charge in [0.05, 0.1) is 0 Å². The van der Waals surface area contributed by atoms with Crippen LogP contribution in [0.4, 0.5) is 0 Å². The van der Waals surface area contributed by atoms with E-state index >= 15 is 0 Å². The molecule has 0 fully saturated rings. The summed E-state index contributed by atoms with van der Waals surface area (Å²) in [5.41, 5.74) is 0. The van der Waals surface area contributed by atoms with Crippen LogP contribution in [0.25, 0.3) is 0 Å². The first-order chi connectivity index (χ1) is 11.1. The molecule has 0 rings (SSSR count). The standard InChI is InChI=1S/6Cr.21O.2Pm/q;;;;;;;;;;;;;;;;;;;;;6*-1;;. The van der Waals surface area contributed by atoms with Gasteiger partial charge < -0.3 is 0 Å². The maximum Gasteiger partial charge on any atom is 0 e. The van der Waals surface area contributed by atoms with Gasteiger partial charge in [0.15, 0.2) is 0 Å². The van der Waals surface area contributed by atoms with Crippen molar-refractivity contribution in [3.05, 3.63) is 0 Å². The van der Waals surface area contributed by atoms with Gasteiger partial charge in [-0.25, -0.2) is 0 Å². The summed E-state index contributed by atoms with van der Waals surface area (Å²) in [6.07, 6.45) is 0. The van der Waals surface area contributed by atoms with Gasteiger partial charge >= 0.3 is 161 Å². The molecule has 0 amide bonds. The van der Waals surface area contributed by atoms with Gasteiger partial charge in [-0.1, -0.05) is 0 Å². The van der Waals surface area contributed by atoms with Gasteiger partial charge in [0.1, 0.15) is 0 Å². The molecule has 0 aliphatic carbocycles. The Bertz CT molecular complexity index is 854. The molecule has 29 heteroatoms. The van der Waals surface area contributed by atoms with Crippen LogP contribution in [0.2, 0.25) is 0 Å². The van der Waals surface area contributed by atoms with E-state index in [2.05, 4.69) is 8.52 Å². The number of hydrogen-bond donors (Lipinski definition) is 0. The first-order valence-electron chi connectivity index (χ1n) is 4.00. The van der Waals surface area contributed by atoms with Crippen LogP contribution in [-0.4, -0.2) is 0 Å². The van der Waals surface area contributed by atoms with Gasteiger partial charge in [0.25, 0.3) is 0 Å². The molecule has 21 nitrogen and oxygen atoms in total. The smallest absolute Gasteiger partial charge is 0 e. The van der Waals surface area contributed by atoms with Crippen LogP contribution in [0.1, 0.15) is 0 Å². The van der Waals surface area contributed by atoms with E-state index in [0.717, 1.165) is 0 Å². The molecule has 0 atom stereocenters. The Hall–Kier alpha value is 3.11. The molecule has 0 unspecified atom stereocenters. The molecular formula is Cr6O21Pm2-6. The summed E-state index contributed by atoms with van der Waals surface area (Å²) in [5.74, 6) is 0. The van der Waals surface area contributed by atoms with Crippen molar-refractivity contribution >= 4 is 0 Å². The second-order valence-electron chi connectivity index (χ2n) is 2.65.